The summed E-state index contributed by atoms with van der Waals surface area (Å²) < 4.78 is 14.5. The van der Waals surface area contributed by atoms with E-state index in [0.29, 0.717) is 15.7 Å². The molecule has 128 valence electrons. The van der Waals surface area contributed by atoms with Crippen LogP contribution in [-0.4, -0.2) is 15.7 Å². The van der Waals surface area contributed by atoms with Crippen LogP contribution >= 0.6 is 23.2 Å². The number of hydrogen-bond acceptors (Lipinski definition) is 2. The first-order valence-electron chi connectivity index (χ1n) is 7.44. The molecule has 25 heavy (non-hydrogen) atoms. The summed E-state index contributed by atoms with van der Waals surface area (Å²) in [6, 6.07) is 12.4. The van der Waals surface area contributed by atoms with E-state index in [1.807, 2.05) is 12.1 Å². The lowest BCUT2D eigenvalue weighted by Gasteiger charge is -2.12. The molecular weight excluding hydrogens is 364 g/mol. The van der Waals surface area contributed by atoms with Gasteiger partial charge in [0, 0.05) is 40.1 Å². The van der Waals surface area contributed by atoms with E-state index in [0.717, 1.165) is 11.1 Å². The maximum Gasteiger partial charge on any atom is 0.259 e. The number of nitrogens with one attached hydrogen (secondary N) is 1. The van der Waals surface area contributed by atoms with Crippen molar-refractivity contribution in [1.29, 1.82) is 0 Å². The minimum atomic E-state index is -0.811. The van der Waals surface area contributed by atoms with E-state index >= 15 is 0 Å². The van der Waals surface area contributed by atoms with Gasteiger partial charge in [0.15, 0.2) is 0 Å². The zero-order valence-electron chi connectivity index (χ0n) is 13.3. The maximum atomic E-state index is 13.0. The van der Waals surface area contributed by atoms with E-state index in [1.54, 1.807) is 37.4 Å². The predicted octanol–water partition coefficient (Wildman–Crippen LogP) is 5.12. The summed E-state index contributed by atoms with van der Waals surface area (Å²) in [5.74, 6) is -0.432. The number of anilines is 1. The van der Waals surface area contributed by atoms with Crippen LogP contribution in [0, 0.1) is 0 Å². The summed E-state index contributed by atoms with van der Waals surface area (Å²) in [6.07, 6.45) is 1.49. The average Bonchev–Trinajstić information content (AvgIpc) is 2.97. The van der Waals surface area contributed by atoms with Crippen LogP contribution in [-0.2, 0) is 13.7 Å². The summed E-state index contributed by atoms with van der Waals surface area (Å²) in [5, 5.41) is 7.74. The average molecular weight is 378 g/mol. The molecule has 0 aliphatic rings. The Morgan fingerprint density at radius 3 is 2.68 bits per heavy atom. The van der Waals surface area contributed by atoms with Gasteiger partial charge in [-0.15, -0.1) is 0 Å². The molecule has 0 fully saturated rings. The minimum Gasteiger partial charge on any atom is -0.321 e. The number of hydrogen-bond donors (Lipinski definition) is 1. The second-order valence-corrected chi connectivity index (χ2v) is 6.26. The molecule has 0 saturated carbocycles. The van der Waals surface area contributed by atoms with Gasteiger partial charge in [-0.1, -0.05) is 47.5 Å². The maximum absolute atomic E-state index is 13.0. The molecule has 0 saturated heterocycles. The van der Waals surface area contributed by atoms with Gasteiger partial charge in [0.05, 0.1) is 5.56 Å². The predicted molar refractivity (Wildman–Crippen MR) is 97.9 cm³/mol. The number of halogens is 3. The van der Waals surface area contributed by atoms with Crippen molar-refractivity contribution in [2.24, 2.45) is 7.05 Å². The van der Waals surface area contributed by atoms with E-state index in [9.17, 15) is 9.18 Å². The Hall–Kier alpha value is -2.37. The van der Waals surface area contributed by atoms with Crippen LogP contribution in [0.2, 0.25) is 10.0 Å². The number of alkyl halides is 1. The summed E-state index contributed by atoms with van der Waals surface area (Å²) in [7, 11) is 1.64. The van der Waals surface area contributed by atoms with E-state index in [1.165, 1.54) is 10.9 Å². The number of para-hydroxylation sites is 1. The second-order valence-electron chi connectivity index (χ2n) is 5.42. The Morgan fingerprint density at radius 1 is 1.20 bits per heavy atom. The van der Waals surface area contributed by atoms with Gasteiger partial charge in [-0.2, -0.15) is 5.10 Å². The third-order valence-electron chi connectivity index (χ3n) is 3.67. The normalized spacial score (nSPS) is 10.7. The molecule has 4 nitrogen and oxygen atoms in total. The van der Waals surface area contributed by atoms with Crippen LogP contribution in [0.15, 0.2) is 48.7 Å². The van der Waals surface area contributed by atoms with Crippen molar-refractivity contribution in [3.05, 3.63) is 70.0 Å². The smallest absolute Gasteiger partial charge is 0.259 e. The number of aryl methyl sites for hydroxylation is 1. The summed E-state index contributed by atoms with van der Waals surface area (Å²) in [6.45, 7) is -0.811. The number of benzene rings is 2. The number of aromatic nitrogens is 2. The highest BCUT2D eigenvalue weighted by Gasteiger charge is 2.17. The van der Waals surface area contributed by atoms with Crippen molar-refractivity contribution >= 4 is 34.8 Å². The second kappa shape index (κ2) is 7.25. The van der Waals surface area contributed by atoms with Gasteiger partial charge in [-0.3, -0.25) is 9.48 Å². The minimum absolute atomic E-state index is 0.0991. The summed E-state index contributed by atoms with van der Waals surface area (Å²) in [5.41, 5.74) is 2.33. The van der Waals surface area contributed by atoms with Gasteiger partial charge in [-0.25, -0.2) is 4.39 Å². The molecule has 0 aliphatic carbocycles. The molecular formula is C18H14Cl2FN3O. The van der Waals surface area contributed by atoms with Crippen molar-refractivity contribution < 1.29 is 9.18 Å². The number of carbonyl (C=O) groups excluding carboxylic acids is 1. The first kappa shape index (κ1) is 17.5. The fourth-order valence-electron chi connectivity index (χ4n) is 2.55. The van der Waals surface area contributed by atoms with Crippen molar-refractivity contribution in [1.82, 2.24) is 9.78 Å². The lowest BCUT2D eigenvalue weighted by atomic mass is 10.0. The van der Waals surface area contributed by atoms with E-state index in [2.05, 4.69) is 10.4 Å². The molecule has 1 heterocycles. The Kier molecular flexibility index (Phi) is 5.06. The lowest BCUT2D eigenvalue weighted by molar-refractivity contribution is 0.102. The number of amides is 1. The molecule has 0 spiro atoms. The van der Waals surface area contributed by atoms with Crippen molar-refractivity contribution in [3.63, 3.8) is 0 Å². The van der Waals surface area contributed by atoms with Crippen molar-refractivity contribution in [2.75, 3.05) is 5.32 Å². The highest BCUT2D eigenvalue weighted by molar-refractivity contribution is 6.36. The Balaban J connectivity index is 1.97. The number of rotatable bonds is 4. The van der Waals surface area contributed by atoms with Gasteiger partial charge in [0.1, 0.15) is 12.4 Å². The molecule has 1 aromatic heterocycles. The van der Waals surface area contributed by atoms with Crippen molar-refractivity contribution in [2.45, 2.75) is 6.67 Å². The molecule has 1 N–H and O–H groups in total. The molecule has 0 radical (unpaired) electrons. The van der Waals surface area contributed by atoms with Crippen LogP contribution < -0.4 is 5.32 Å². The van der Waals surface area contributed by atoms with Crippen LogP contribution in [0.4, 0.5) is 10.1 Å². The summed E-state index contributed by atoms with van der Waals surface area (Å²) in [4.78, 5) is 12.5. The van der Waals surface area contributed by atoms with Gasteiger partial charge < -0.3 is 5.32 Å². The first-order valence-corrected chi connectivity index (χ1v) is 8.19. The van der Waals surface area contributed by atoms with E-state index in [4.69, 9.17) is 23.2 Å². The number of carbonyl (C=O) groups is 1. The van der Waals surface area contributed by atoms with Gasteiger partial charge >= 0.3 is 0 Å². The number of nitrogens with zero attached hydrogens (tertiary/aromatic N) is 2. The van der Waals surface area contributed by atoms with E-state index < -0.39 is 12.6 Å². The molecule has 0 aliphatic heterocycles. The van der Waals surface area contributed by atoms with Gasteiger partial charge in [-0.05, 0) is 18.2 Å². The van der Waals surface area contributed by atoms with Crippen LogP contribution in [0.1, 0.15) is 16.1 Å². The monoisotopic (exact) mass is 377 g/mol. The van der Waals surface area contributed by atoms with Gasteiger partial charge in [0.25, 0.3) is 5.91 Å². The molecule has 1 amide bonds. The summed E-state index contributed by atoms with van der Waals surface area (Å²) >= 11 is 12.2. The molecule has 0 bridgehead atoms. The van der Waals surface area contributed by atoms with Crippen molar-refractivity contribution in [3.8, 4) is 11.1 Å². The van der Waals surface area contributed by atoms with Gasteiger partial charge in [0.2, 0.25) is 0 Å². The zero-order chi connectivity index (χ0) is 18.0. The zero-order valence-corrected chi connectivity index (χ0v) is 14.8. The molecule has 0 atom stereocenters. The topological polar surface area (TPSA) is 46.9 Å². The molecule has 3 rings (SSSR count). The Morgan fingerprint density at radius 2 is 1.96 bits per heavy atom. The van der Waals surface area contributed by atoms with Crippen LogP contribution in [0.25, 0.3) is 11.1 Å². The van der Waals surface area contributed by atoms with Crippen LogP contribution in [0.5, 0.6) is 0 Å². The first-order chi connectivity index (χ1) is 12.0. The Bertz CT molecular complexity index is 940. The van der Waals surface area contributed by atoms with Crippen LogP contribution in [0.3, 0.4) is 0 Å². The molecule has 7 heteroatoms. The lowest BCUT2D eigenvalue weighted by Crippen LogP contribution is -2.13. The molecule has 2 aromatic carbocycles. The third kappa shape index (κ3) is 3.67. The Labute approximate surface area is 154 Å². The highest BCUT2D eigenvalue weighted by Crippen LogP contribution is 2.35. The standard InChI is InChI=1S/C18H14Cl2FN3O/c1-24-10-14(17(9-21)23-24)18(25)22-16-5-3-2-4-13(16)12-7-6-11(19)8-15(12)20/h2-8,10H,9H2,1H3,(H,22,25). The largest absolute Gasteiger partial charge is 0.321 e. The molecule has 0 unspecified atom stereocenters. The van der Waals surface area contributed by atoms with E-state index in [-0.39, 0.29) is 11.3 Å². The third-order valence-corrected chi connectivity index (χ3v) is 4.22. The SMILES string of the molecule is Cn1cc(C(=O)Nc2ccccc2-c2ccc(Cl)cc2Cl)c(CF)n1. The fourth-order valence-corrected chi connectivity index (χ4v) is 3.06. The highest BCUT2D eigenvalue weighted by atomic mass is 35.5. The molecule has 3 aromatic rings. The quantitative estimate of drug-likeness (QED) is 0.685. The fraction of sp³-hybridized carbons (Fsp3) is 0.111.